The number of carbonyl (C=O) groups excluding carboxylic acids is 1. The number of carboxylic acids is 1. The van der Waals surface area contributed by atoms with Crippen molar-refractivity contribution in [2.45, 2.75) is 70.3 Å². The van der Waals surface area contributed by atoms with Crippen molar-refractivity contribution in [1.29, 1.82) is 0 Å². The Morgan fingerprint density at radius 1 is 1.15 bits per heavy atom. The first-order chi connectivity index (χ1) is 22.3. The minimum absolute atomic E-state index is 0.0569. The molecule has 2 bridgehead atoms. The number of aromatic nitrogens is 1. The Morgan fingerprint density at radius 3 is 2.55 bits per heavy atom. The summed E-state index contributed by atoms with van der Waals surface area (Å²) in [7, 11) is 0.273. The summed E-state index contributed by atoms with van der Waals surface area (Å²) >= 11 is 0. The molecule has 1 aromatic heterocycles. The van der Waals surface area contributed by atoms with E-state index in [1.807, 2.05) is 37.3 Å². The van der Waals surface area contributed by atoms with E-state index in [9.17, 15) is 19.1 Å². The molecular weight excluding hydrogens is 611 g/mol. The van der Waals surface area contributed by atoms with E-state index in [1.165, 1.54) is 19.4 Å². The van der Waals surface area contributed by atoms with Crippen LogP contribution in [0.4, 0.5) is 8.78 Å². The van der Waals surface area contributed by atoms with Gasteiger partial charge in [-0.2, -0.15) is 0 Å². The van der Waals surface area contributed by atoms with Gasteiger partial charge in [-0.15, -0.1) is 0 Å². The van der Waals surface area contributed by atoms with Crippen LogP contribution in [-0.2, 0) is 27.1 Å². The number of carboxylic acid groups (broad SMARTS) is 1. The van der Waals surface area contributed by atoms with E-state index in [2.05, 4.69) is 24.1 Å². The number of hydrogen-bond acceptors (Lipinski definition) is 8. The number of nitrogens with one attached hydrogen (secondary N) is 1. The van der Waals surface area contributed by atoms with Crippen LogP contribution in [0.1, 0.15) is 66.8 Å². The quantitative estimate of drug-likeness (QED) is 0.253. The monoisotopic (exact) mass is 649 g/mol. The lowest BCUT2D eigenvalue weighted by molar-refractivity contribution is -0.199. The summed E-state index contributed by atoms with van der Waals surface area (Å²) in [6, 6.07) is 11.4. The van der Waals surface area contributed by atoms with Gasteiger partial charge in [-0.25, -0.2) is 13.6 Å². The van der Waals surface area contributed by atoms with Crippen LogP contribution in [0.5, 0.6) is 11.5 Å². The molecule has 6 atom stereocenters. The first kappa shape index (κ1) is 32.9. The van der Waals surface area contributed by atoms with Gasteiger partial charge in [-0.1, -0.05) is 50.2 Å². The van der Waals surface area contributed by atoms with E-state index in [0.29, 0.717) is 11.5 Å². The van der Waals surface area contributed by atoms with Crippen LogP contribution in [-0.4, -0.2) is 53.8 Å². The van der Waals surface area contributed by atoms with Gasteiger partial charge < -0.3 is 34.9 Å². The summed E-state index contributed by atoms with van der Waals surface area (Å²) in [4.78, 5) is 29.6. The van der Waals surface area contributed by atoms with Crippen LogP contribution >= 0.6 is 0 Å². The van der Waals surface area contributed by atoms with Crippen LogP contribution in [0.2, 0.25) is 0 Å². The average Bonchev–Trinajstić information content (AvgIpc) is 3.41. The van der Waals surface area contributed by atoms with Crippen molar-refractivity contribution in [2.75, 3.05) is 7.11 Å². The van der Waals surface area contributed by atoms with Crippen LogP contribution in [0.15, 0.2) is 54.7 Å². The molecule has 47 heavy (non-hydrogen) atoms. The fraction of sp³-hybridized carbons (Fsp3) is 0.441. The number of pyridine rings is 1. The fourth-order valence-corrected chi connectivity index (χ4v) is 7.59. The predicted molar refractivity (Wildman–Crippen MR) is 168 cm³/mol. The molecule has 1 aliphatic heterocycles. The largest absolute Gasteiger partial charge is 0.495 e. The van der Waals surface area contributed by atoms with E-state index in [0.717, 1.165) is 30.5 Å². The second kappa shape index (κ2) is 12.5. The summed E-state index contributed by atoms with van der Waals surface area (Å²) < 4.78 is 53.8. The molecule has 1 saturated heterocycles. The maximum atomic E-state index is 15.2. The van der Waals surface area contributed by atoms with E-state index < -0.39 is 53.8 Å². The van der Waals surface area contributed by atoms with Crippen molar-refractivity contribution < 1.29 is 42.3 Å². The Labute approximate surface area is 272 Å². The molecule has 3 saturated carbocycles. The molecule has 3 aliphatic carbocycles. The van der Waals surface area contributed by atoms with Crippen LogP contribution in [0, 0.1) is 28.9 Å². The highest BCUT2D eigenvalue weighted by atomic mass is 19.1. The second-order valence-electron chi connectivity index (χ2n) is 13.4. The molecule has 4 N–H and O–H groups in total. The summed E-state index contributed by atoms with van der Waals surface area (Å²) in [5.74, 6) is -4.32. The molecule has 1 amide bonds. The average molecular weight is 650 g/mol. The SMILES string of the molecule is COc1c(C[C@H](NC(=O)C(N)c2ncc(OCc3ccccc3)cc2F)B2O[C@@H]3C[C@@H]4C[C@@H](C4(C)C)[C@]3(C)O2)ccc(F)c1C(=O)O. The minimum Gasteiger partial charge on any atom is -0.495 e. The zero-order chi connectivity index (χ0) is 33.7. The molecule has 0 spiro atoms. The third-order valence-electron chi connectivity index (χ3n) is 10.3. The Hall–Kier alpha value is -4.07. The normalized spacial score (nSPS) is 25.3. The van der Waals surface area contributed by atoms with Gasteiger partial charge in [-0.3, -0.25) is 9.78 Å². The van der Waals surface area contributed by atoms with E-state index in [-0.39, 0.29) is 47.7 Å². The van der Waals surface area contributed by atoms with Gasteiger partial charge >= 0.3 is 13.1 Å². The van der Waals surface area contributed by atoms with Gasteiger partial charge in [0.25, 0.3) is 0 Å². The Morgan fingerprint density at radius 2 is 1.89 bits per heavy atom. The van der Waals surface area contributed by atoms with Gasteiger partial charge in [-0.05, 0) is 60.6 Å². The molecule has 2 aromatic carbocycles. The van der Waals surface area contributed by atoms with Crippen molar-refractivity contribution in [3.8, 4) is 11.5 Å². The number of carbonyl (C=O) groups is 2. The molecule has 248 valence electrons. The molecule has 4 fully saturated rings. The van der Waals surface area contributed by atoms with Gasteiger partial charge in [0.15, 0.2) is 5.82 Å². The zero-order valence-electron chi connectivity index (χ0n) is 26.7. The Bertz CT molecular complexity index is 1680. The number of nitrogens with two attached hydrogens (primary N) is 1. The van der Waals surface area contributed by atoms with E-state index >= 15 is 4.39 Å². The van der Waals surface area contributed by atoms with Crippen molar-refractivity contribution in [3.05, 3.63) is 88.7 Å². The number of ether oxygens (including phenoxy) is 2. The van der Waals surface area contributed by atoms with Gasteiger partial charge in [0.2, 0.25) is 5.91 Å². The van der Waals surface area contributed by atoms with Crippen molar-refractivity contribution in [2.24, 2.45) is 23.0 Å². The van der Waals surface area contributed by atoms with Crippen LogP contribution in [0.3, 0.4) is 0 Å². The number of aromatic carboxylic acids is 1. The maximum Gasteiger partial charge on any atom is 0.482 e. The third-order valence-corrected chi connectivity index (χ3v) is 10.3. The van der Waals surface area contributed by atoms with Crippen molar-refractivity contribution in [3.63, 3.8) is 0 Å². The fourth-order valence-electron chi connectivity index (χ4n) is 7.59. The predicted octanol–water partition coefficient (Wildman–Crippen LogP) is 4.64. The molecule has 7 rings (SSSR count). The highest BCUT2D eigenvalue weighted by molar-refractivity contribution is 6.48. The standard InChI is InChI=1S/C34H38BF2N3O7/c1-33(2)20-13-24(33)34(3)25(14-20)46-35(47-34)26(12-19-10-11-22(36)27(32(42)43)30(19)44-4)40-31(41)28(38)29-23(37)15-21(16-39-29)45-17-18-8-6-5-7-9-18/h5-11,15-16,20,24-26,28H,12-14,17,38H2,1-4H3,(H,40,41)(H,42,43)/t20-,24-,25+,26-,28?,34-/m0/s1. The summed E-state index contributed by atoms with van der Waals surface area (Å²) in [5.41, 5.74) is 5.94. The lowest BCUT2D eigenvalue weighted by Crippen LogP contribution is -2.65. The first-order valence-electron chi connectivity index (χ1n) is 15.6. The molecule has 10 nitrogen and oxygen atoms in total. The van der Waals surface area contributed by atoms with Crippen molar-refractivity contribution in [1.82, 2.24) is 10.3 Å². The Kier molecular flexibility index (Phi) is 8.75. The topological polar surface area (TPSA) is 142 Å². The smallest absolute Gasteiger partial charge is 0.482 e. The lowest BCUT2D eigenvalue weighted by Gasteiger charge is -2.64. The molecular formula is C34H38BF2N3O7. The molecule has 4 aliphatic rings. The molecule has 3 aromatic rings. The van der Waals surface area contributed by atoms with E-state index in [4.69, 9.17) is 24.5 Å². The van der Waals surface area contributed by atoms with Crippen molar-refractivity contribution >= 4 is 19.0 Å². The second-order valence-corrected chi connectivity index (χ2v) is 13.4. The molecule has 13 heteroatoms. The van der Waals surface area contributed by atoms with E-state index in [1.54, 1.807) is 0 Å². The van der Waals surface area contributed by atoms with Crippen LogP contribution in [0.25, 0.3) is 0 Å². The summed E-state index contributed by atoms with van der Waals surface area (Å²) in [6.45, 7) is 6.66. The number of halogens is 2. The number of benzene rings is 2. The van der Waals surface area contributed by atoms with Crippen LogP contribution < -0.4 is 20.5 Å². The highest BCUT2D eigenvalue weighted by Gasteiger charge is 2.68. The number of hydrogen-bond donors (Lipinski definition) is 3. The lowest BCUT2D eigenvalue weighted by atomic mass is 9.43. The third kappa shape index (κ3) is 5.96. The first-order valence-corrected chi connectivity index (χ1v) is 15.6. The zero-order valence-corrected chi connectivity index (χ0v) is 26.7. The van der Waals surface area contributed by atoms with Gasteiger partial charge in [0.05, 0.1) is 31.0 Å². The van der Waals surface area contributed by atoms with Gasteiger partial charge in [0.1, 0.15) is 41.2 Å². The van der Waals surface area contributed by atoms with Gasteiger partial charge in [0, 0.05) is 6.07 Å². The number of methoxy groups -OCH3 is 1. The molecule has 0 radical (unpaired) electrons. The Balaban J connectivity index is 1.24. The number of amides is 1. The number of nitrogens with zero attached hydrogens (tertiary/aromatic N) is 1. The summed E-state index contributed by atoms with van der Waals surface area (Å²) in [5, 5.41) is 12.5. The molecule has 1 unspecified atom stereocenters. The summed E-state index contributed by atoms with van der Waals surface area (Å²) in [6.07, 6.45) is 2.79. The number of rotatable bonds is 11. The minimum atomic E-state index is -1.52. The maximum absolute atomic E-state index is 15.2. The highest BCUT2D eigenvalue weighted by Crippen LogP contribution is 2.65. The molecule has 2 heterocycles.